The van der Waals surface area contributed by atoms with Crippen molar-refractivity contribution in [3.8, 4) is 0 Å². The fourth-order valence-electron chi connectivity index (χ4n) is 2.15. The second-order valence-corrected chi connectivity index (χ2v) is 6.77. The Morgan fingerprint density at radius 1 is 1.22 bits per heavy atom. The predicted molar refractivity (Wildman–Crippen MR) is 86.3 cm³/mol. The zero-order valence-electron chi connectivity index (χ0n) is 13.1. The van der Waals surface area contributed by atoms with Gasteiger partial charge in [-0.25, -0.2) is 13.4 Å². The number of carbonyl (C=O) groups excluding carboxylic acids is 1. The van der Waals surface area contributed by atoms with Crippen molar-refractivity contribution < 1.29 is 13.2 Å². The maximum atomic E-state index is 12.4. The van der Waals surface area contributed by atoms with Crippen LogP contribution in [0.4, 0.5) is 0 Å². The number of aromatic nitrogens is 2. The number of amides is 1. The zero-order valence-corrected chi connectivity index (χ0v) is 13.9. The van der Waals surface area contributed by atoms with Gasteiger partial charge in [0.15, 0.2) is 0 Å². The van der Waals surface area contributed by atoms with Crippen molar-refractivity contribution in [1.82, 2.24) is 19.6 Å². The third kappa shape index (κ3) is 3.96. The molecule has 0 saturated carbocycles. The summed E-state index contributed by atoms with van der Waals surface area (Å²) in [5.74, 6) is 0.368. The van der Waals surface area contributed by atoms with Crippen molar-refractivity contribution in [2.45, 2.75) is 25.3 Å². The van der Waals surface area contributed by atoms with Gasteiger partial charge >= 0.3 is 0 Å². The van der Waals surface area contributed by atoms with Crippen LogP contribution in [0.1, 0.15) is 30.0 Å². The maximum absolute atomic E-state index is 12.4. The number of H-pyrrole nitrogens is 1. The van der Waals surface area contributed by atoms with E-state index in [0.29, 0.717) is 24.5 Å². The van der Waals surface area contributed by atoms with E-state index in [1.165, 1.54) is 28.6 Å². The van der Waals surface area contributed by atoms with Crippen LogP contribution in [0.5, 0.6) is 0 Å². The van der Waals surface area contributed by atoms with Crippen LogP contribution in [-0.4, -0.2) is 41.7 Å². The first kappa shape index (κ1) is 17.2. The molecular weight excluding hydrogens is 316 g/mol. The fraction of sp³-hybridized carbons (Fsp3) is 0.333. The molecule has 1 aromatic carbocycles. The van der Waals surface area contributed by atoms with E-state index in [9.17, 15) is 13.2 Å². The van der Waals surface area contributed by atoms with Gasteiger partial charge in [-0.3, -0.25) is 4.79 Å². The van der Waals surface area contributed by atoms with Gasteiger partial charge in [-0.2, -0.15) is 4.31 Å². The lowest BCUT2D eigenvalue weighted by molar-refractivity contribution is 0.0950. The summed E-state index contributed by atoms with van der Waals surface area (Å²) in [5, 5.41) is 2.71. The molecule has 2 aromatic rings. The van der Waals surface area contributed by atoms with Crippen LogP contribution in [0.25, 0.3) is 0 Å². The first-order valence-electron chi connectivity index (χ1n) is 7.35. The molecule has 0 aliphatic carbocycles. The van der Waals surface area contributed by atoms with E-state index in [0.717, 1.165) is 0 Å². The van der Waals surface area contributed by atoms with Crippen molar-refractivity contribution in [2.24, 2.45) is 0 Å². The molecule has 124 valence electrons. The van der Waals surface area contributed by atoms with E-state index in [2.05, 4.69) is 15.3 Å². The van der Waals surface area contributed by atoms with Gasteiger partial charge in [0, 0.05) is 31.0 Å². The van der Waals surface area contributed by atoms with E-state index in [1.807, 2.05) is 0 Å². The molecule has 8 heteroatoms. The minimum absolute atomic E-state index is 0.184. The summed E-state index contributed by atoms with van der Waals surface area (Å²) in [6.07, 6.45) is 3.28. The third-order valence-electron chi connectivity index (χ3n) is 3.43. The van der Waals surface area contributed by atoms with Crippen molar-refractivity contribution in [1.29, 1.82) is 0 Å². The lowest BCUT2D eigenvalue weighted by Gasteiger charge is -2.18. The van der Waals surface area contributed by atoms with E-state index in [-0.39, 0.29) is 17.3 Å². The maximum Gasteiger partial charge on any atom is 0.251 e. The molecule has 0 unspecified atom stereocenters. The minimum atomic E-state index is -3.50. The minimum Gasteiger partial charge on any atom is -0.347 e. The van der Waals surface area contributed by atoms with Gasteiger partial charge in [0.1, 0.15) is 5.82 Å². The number of imidazole rings is 1. The fourth-order valence-corrected chi connectivity index (χ4v) is 3.61. The molecule has 0 atom stereocenters. The number of sulfonamides is 1. The van der Waals surface area contributed by atoms with E-state index in [1.54, 1.807) is 26.2 Å². The number of hydrogen-bond donors (Lipinski definition) is 2. The molecule has 7 nitrogen and oxygen atoms in total. The topological polar surface area (TPSA) is 95.2 Å². The molecule has 1 heterocycles. The Labute approximate surface area is 135 Å². The van der Waals surface area contributed by atoms with E-state index >= 15 is 0 Å². The van der Waals surface area contributed by atoms with Crippen LogP contribution in [0.3, 0.4) is 0 Å². The van der Waals surface area contributed by atoms with Gasteiger partial charge in [-0.05, 0) is 24.3 Å². The molecule has 0 aliphatic heterocycles. The number of carbonyl (C=O) groups is 1. The Morgan fingerprint density at radius 3 is 2.39 bits per heavy atom. The van der Waals surface area contributed by atoms with Crippen LogP contribution in [0.15, 0.2) is 41.6 Å². The average molecular weight is 336 g/mol. The molecule has 0 radical (unpaired) electrons. The Balaban J connectivity index is 2.08. The van der Waals surface area contributed by atoms with E-state index < -0.39 is 10.0 Å². The summed E-state index contributed by atoms with van der Waals surface area (Å²) < 4.78 is 26.1. The first-order valence-corrected chi connectivity index (χ1v) is 8.79. The van der Waals surface area contributed by atoms with Gasteiger partial charge < -0.3 is 10.3 Å². The van der Waals surface area contributed by atoms with Crippen LogP contribution < -0.4 is 5.32 Å². The molecule has 2 rings (SSSR count). The number of hydrogen-bond acceptors (Lipinski definition) is 4. The summed E-state index contributed by atoms with van der Waals surface area (Å²) in [5.41, 5.74) is 0.398. The van der Waals surface area contributed by atoms with Crippen molar-refractivity contribution in [3.63, 3.8) is 0 Å². The number of nitrogens with one attached hydrogen (secondary N) is 2. The molecular formula is C15H20N4O3S. The smallest absolute Gasteiger partial charge is 0.251 e. The summed E-state index contributed by atoms with van der Waals surface area (Å²) in [6.45, 7) is 4.68. The molecule has 2 N–H and O–H groups in total. The molecule has 0 bridgehead atoms. The molecule has 0 saturated heterocycles. The van der Waals surface area contributed by atoms with Gasteiger partial charge in [0.2, 0.25) is 10.0 Å². The number of benzene rings is 1. The highest BCUT2D eigenvalue weighted by molar-refractivity contribution is 7.89. The van der Waals surface area contributed by atoms with Gasteiger partial charge in [0.05, 0.1) is 11.4 Å². The van der Waals surface area contributed by atoms with E-state index in [4.69, 9.17) is 0 Å². The van der Waals surface area contributed by atoms with Crippen LogP contribution in [-0.2, 0) is 16.6 Å². The number of aromatic amines is 1. The lowest BCUT2D eigenvalue weighted by atomic mass is 10.2. The van der Waals surface area contributed by atoms with Crippen LogP contribution in [0, 0.1) is 0 Å². The summed E-state index contributed by atoms with van der Waals surface area (Å²) in [7, 11) is -3.50. The summed E-state index contributed by atoms with van der Waals surface area (Å²) in [6, 6.07) is 5.92. The standard InChI is InChI=1S/C15H20N4O3S/c1-3-19(4-2)23(21,22)13-7-5-12(6-8-13)15(20)18-11-14-16-9-10-17-14/h5-10H,3-4,11H2,1-2H3,(H,16,17)(H,18,20). The van der Waals surface area contributed by atoms with Gasteiger partial charge in [-0.1, -0.05) is 13.8 Å². The molecule has 0 aliphatic rings. The SMILES string of the molecule is CCN(CC)S(=O)(=O)c1ccc(C(=O)NCc2ncc[nH]2)cc1. The Morgan fingerprint density at radius 2 is 1.87 bits per heavy atom. The quantitative estimate of drug-likeness (QED) is 0.798. The van der Waals surface area contributed by atoms with Gasteiger partial charge in [0.25, 0.3) is 5.91 Å². The average Bonchev–Trinajstić information content (AvgIpc) is 3.07. The molecule has 23 heavy (non-hydrogen) atoms. The lowest BCUT2D eigenvalue weighted by Crippen LogP contribution is -2.30. The molecule has 0 fully saturated rings. The predicted octanol–water partition coefficient (Wildman–Crippen LogP) is 1.37. The second kappa shape index (κ2) is 7.38. The van der Waals surface area contributed by atoms with Crippen molar-refractivity contribution in [2.75, 3.05) is 13.1 Å². The first-order chi connectivity index (χ1) is 11.0. The third-order valence-corrected chi connectivity index (χ3v) is 5.50. The Kier molecular flexibility index (Phi) is 5.51. The second-order valence-electron chi connectivity index (χ2n) is 4.83. The Bertz CT molecular complexity index is 736. The van der Waals surface area contributed by atoms with Crippen molar-refractivity contribution >= 4 is 15.9 Å². The normalized spacial score (nSPS) is 11.6. The molecule has 1 aromatic heterocycles. The highest BCUT2D eigenvalue weighted by Gasteiger charge is 2.21. The van der Waals surface area contributed by atoms with Crippen LogP contribution in [0.2, 0.25) is 0 Å². The monoisotopic (exact) mass is 336 g/mol. The summed E-state index contributed by atoms with van der Waals surface area (Å²) in [4.78, 5) is 19.1. The van der Waals surface area contributed by atoms with Gasteiger partial charge in [-0.15, -0.1) is 0 Å². The van der Waals surface area contributed by atoms with Crippen LogP contribution >= 0.6 is 0 Å². The number of nitrogens with zero attached hydrogens (tertiary/aromatic N) is 2. The molecule has 1 amide bonds. The summed E-state index contributed by atoms with van der Waals surface area (Å²) >= 11 is 0. The highest BCUT2D eigenvalue weighted by atomic mass is 32.2. The zero-order chi connectivity index (χ0) is 16.9. The largest absolute Gasteiger partial charge is 0.347 e. The Hall–Kier alpha value is -2.19. The number of rotatable bonds is 7. The van der Waals surface area contributed by atoms with Crippen molar-refractivity contribution in [3.05, 3.63) is 48.0 Å². The molecule has 0 spiro atoms. The highest BCUT2D eigenvalue weighted by Crippen LogP contribution is 2.16.